The summed E-state index contributed by atoms with van der Waals surface area (Å²) in [6.07, 6.45) is 0. The molecule has 0 aliphatic heterocycles. The van der Waals surface area contributed by atoms with Crippen LogP contribution in [-0.4, -0.2) is 21.6 Å². The van der Waals surface area contributed by atoms with E-state index in [4.69, 9.17) is 32.4 Å². The van der Waals surface area contributed by atoms with Crippen LogP contribution in [0.4, 0.5) is 0 Å². The van der Waals surface area contributed by atoms with Crippen molar-refractivity contribution >= 4 is 34.2 Å². The topological polar surface area (TPSA) is 61.0 Å². The maximum Gasteiger partial charge on any atom is 0.321 e. The summed E-state index contributed by atoms with van der Waals surface area (Å²) >= 11 is 11.8. The Morgan fingerprint density at radius 2 is 2.00 bits per heavy atom. The van der Waals surface area contributed by atoms with Gasteiger partial charge in [0.25, 0.3) is 0 Å². The largest absolute Gasteiger partial charge is 0.464 e. The van der Waals surface area contributed by atoms with Crippen LogP contribution in [0, 0.1) is 0 Å². The number of ether oxygens (including phenoxy) is 1. The zero-order valence-electron chi connectivity index (χ0n) is 10.4. The lowest BCUT2D eigenvalue weighted by Gasteiger charge is -2.02. The Hall–Kier alpha value is -1.85. The van der Waals surface area contributed by atoms with Crippen molar-refractivity contribution in [1.82, 2.24) is 15.0 Å². The molecule has 0 aliphatic carbocycles. The minimum atomic E-state index is 0.0527. The van der Waals surface area contributed by atoms with E-state index in [0.29, 0.717) is 28.8 Å². The maximum atomic E-state index is 5.94. The molecule has 0 amide bonds. The second kappa shape index (κ2) is 5.26. The molecule has 2 aromatic heterocycles. The van der Waals surface area contributed by atoms with E-state index in [2.05, 4.69) is 15.0 Å². The molecule has 0 spiro atoms. The van der Waals surface area contributed by atoms with Crippen molar-refractivity contribution in [1.29, 1.82) is 0 Å². The maximum absolute atomic E-state index is 5.94. The molecule has 102 valence electrons. The van der Waals surface area contributed by atoms with Gasteiger partial charge in [0.1, 0.15) is 5.58 Å². The summed E-state index contributed by atoms with van der Waals surface area (Å²) in [5.41, 5.74) is 0.693. The number of rotatable bonds is 3. The van der Waals surface area contributed by atoms with E-state index in [9.17, 15) is 0 Å². The number of nitrogens with zero attached hydrogens (tertiary/aromatic N) is 3. The lowest BCUT2D eigenvalue weighted by molar-refractivity contribution is 0.311. The van der Waals surface area contributed by atoms with E-state index < -0.39 is 0 Å². The summed E-state index contributed by atoms with van der Waals surface area (Å²) in [5.74, 6) is 0.799. The molecule has 0 atom stereocenters. The Balaban J connectivity index is 2.10. The van der Waals surface area contributed by atoms with Gasteiger partial charge in [-0.3, -0.25) is 0 Å². The minimum Gasteiger partial charge on any atom is -0.464 e. The predicted octanol–water partition coefficient (Wildman–Crippen LogP) is 3.99. The molecule has 1 aromatic carbocycles. The first-order valence-corrected chi connectivity index (χ1v) is 6.65. The van der Waals surface area contributed by atoms with Crippen LogP contribution >= 0.6 is 23.2 Å². The Morgan fingerprint density at radius 1 is 1.15 bits per heavy atom. The standard InChI is InChI=1S/C13H9Cl2N3O2/c1-2-19-13-17-11(16-12(15)18-13)10-6-7-5-8(14)3-4-9(7)20-10/h3-6H,2H2,1H3. The Kier molecular flexibility index (Phi) is 3.46. The molecule has 0 unspecified atom stereocenters. The van der Waals surface area contributed by atoms with Crippen LogP contribution in [0.5, 0.6) is 6.01 Å². The predicted molar refractivity (Wildman–Crippen MR) is 76.2 cm³/mol. The molecule has 20 heavy (non-hydrogen) atoms. The molecule has 5 nitrogen and oxygen atoms in total. The van der Waals surface area contributed by atoms with Crippen molar-refractivity contribution in [3.8, 4) is 17.6 Å². The second-order valence-electron chi connectivity index (χ2n) is 3.94. The molecule has 0 saturated heterocycles. The van der Waals surface area contributed by atoms with Crippen molar-refractivity contribution in [2.45, 2.75) is 6.92 Å². The molecule has 0 radical (unpaired) electrons. The SMILES string of the molecule is CCOc1nc(Cl)nc(-c2cc3cc(Cl)ccc3o2)n1. The van der Waals surface area contributed by atoms with E-state index >= 15 is 0 Å². The van der Waals surface area contributed by atoms with Gasteiger partial charge in [-0.2, -0.15) is 15.0 Å². The average molecular weight is 310 g/mol. The highest BCUT2D eigenvalue weighted by Gasteiger charge is 2.13. The highest BCUT2D eigenvalue weighted by molar-refractivity contribution is 6.31. The molecule has 0 aliphatic rings. The van der Waals surface area contributed by atoms with Crippen LogP contribution in [0.1, 0.15) is 6.92 Å². The van der Waals surface area contributed by atoms with Crippen LogP contribution in [0.2, 0.25) is 10.3 Å². The van der Waals surface area contributed by atoms with E-state index in [1.165, 1.54) is 0 Å². The molecule has 0 fully saturated rings. The third kappa shape index (κ3) is 2.55. The van der Waals surface area contributed by atoms with Crippen LogP contribution < -0.4 is 4.74 Å². The first kappa shape index (κ1) is 13.1. The zero-order valence-corrected chi connectivity index (χ0v) is 11.9. The van der Waals surface area contributed by atoms with Gasteiger partial charge in [0, 0.05) is 10.4 Å². The molecule has 3 rings (SSSR count). The fourth-order valence-electron chi connectivity index (χ4n) is 1.76. The Labute approximate surface area is 124 Å². The van der Waals surface area contributed by atoms with E-state index in [1.54, 1.807) is 24.3 Å². The first-order chi connectivity index (χ1) is 9.65. The summed E-state index contributed by atoms with van der Waals surface area (Å²) in [6, 6.07) is 7.30. The van der Waals surface area contributed by atoms with E-state index in [1.807, 2.05) is 6.92 Å². The van der Waals surface area contributed by atoms with Crippen molar-refractivity contribution in [2.75, 3.05) is 6.61 Å². The summed E-state index contributed by atoms with van der Waals surface area (Å²) in [5, 5.41) is 1.55. The van der Waals surface area contributed by atoms with Crippen molar-refractivity contribution in [3.63, 3.8) is 0 Å². The minimum absolute atomic E-state index is 0.0527. The van der Waals surface area contributed by atoms with Gasteiger partial charge in [0.15, 0.2) is 5.76 Å². The molecule has 0 saturated carbocycles. The van der Waals surface area contributed by atoms with Crippen LogP contribution in [0.15, 0.2) is 28.7 Å². The van der Waals surface area contributed by atoms with Gasteiger partial charge in [-0.05, 0) is 42.8 Å². The molecular formula is C13H9Cl2N3O2. The van der Waals surface area contributed by atoms with Gasteiger partial charge in [-0.25, -0.2) is 0 Å². The smallest absolute Gasteiger partial charge is 0.321 e. The fourth-order valence-corrected chi connectivity index (χ4v) is 2.09. The van der Waals surface area contributed by atoms with Crippen LogP contribution in [0.3, 0.4) is 0 Å². The highest BCUT2D eigenvalue weighted by atomic mass is 35.5. The third-order valence-corrected chi connectivity index (χ3v) is 2.96. The van der Waals surface area contributed by atoms with E-state index in [0.717, 1.165) is 5.39 Å². The molecule has 3 aromatic rings. The molecule has 2 heterocycles. The summed E-state index contributed by atoms with van der Waals surface area (Å²) in [4.78, 5) is 12.1. The summed E-state index contributed by atoms with van der Waals surface area (Å²) in [6.45, 7) is 2.27. The highest BCUT2D eigenvalue weighted by Crippen LogP contribution is 2.28. The molecule has 0 bridgehead atoms. The van der Waals surface area contributed by atoms with Gasteiger partial charge >= 0.3 is 6.01 Å². The van der Waals surface area contributed by atoms with Gasteiger partial charge in [-0.1, -0.05) is 11.6 Å². The van der Waals surface area contributed by atoms with Crippen molar-refractivity contribution in [3.05, 3.63) is 34.6 Å². The Morgan fingerprint density at radius 3 is 2.80 bits per heavy atom. The Bertz CT molecular complexity index is 773. The molecular weight excluding hydrogens is 301 g/mol. The first-order valence-electron chi connectivity index (χ1n) is 5.89. The average Bonchev–Trinajstić information content (AvgIpc) is 2.81. The van der Waals surface area contributed by atoms with E-state index in [-0.39, 0.29) is 11.3 Å². The molecule has 7 heteroatoms. The fraction of sp³-hybridized carbons (Fsp3) is 0.154. The number of furan rings is 1. The number of hydrogen-bond acceptors (Lipinski definition) is 5. The van der Waals surface area contributed by atoms with Gasteiger partial charge in [-0.15, -0.1) is 0 Å². The zero-order chi connectivity index (χ0) is 14.1. The monoisotopic (exact) mass is 309 g/mol. The van der Waals surface area contributed by atoms with Gasteiger partial charge in [0.2, 0.25) is 11.1 Å². The number of hydrogen-bond donors (Lipinski definition) is 0. The lowest BCUT2D eigenvalue weighted by atomic mass is 10.2. The quantitative estimate of drug-likeness (QED) is 0.732. The van der Waals surface area contributed by atoms with Crippen LogP contribution in [-0.2, 0) is 0 Å². The third-order valence-electron chi connectivity index (χ3n) is 2.56. The van der Waals surface area contributed by atoms with Crippen molar-refractivity contribution < 1.29 is 9.15 Å². The van der Waals surface area contributed by atoms with Crippen LogP contribution in [0.25, 0.3) is 22.6 Å². The lowest BCUT2D eigenvalue weighted by Crippen LogP contribution is -2.00. The number of halogens is 2. The summed E-state index contributed by atoms with van der Waals surface area (Å²) in [7, 11) is 0. The van der Waals surface area contributed by atoms with Gasteiger partial charge in [0.05, 0.1) is 6.61 Å². The van der Waals surface area contributed by atoms with Crippen molar-refractivity contribution in [2.24, 2.45) is 0 Å². The summed E-state index contributed by atoms with van der Waals surface area (Å²) < 4.78 is 10.9. The number of benzene rings is 1. The molecule has 0 N–H and O–H groups in total. The van der Waals surface area contributed by atoms with Gasteiger partial charge < -0.3 is 9.15 Å². The second-order valence-corrected chi connectivity index (χ2v) is 4.71. The number of fused-ring (bicyclic) bond motifs is 1. The number of aromatic nitrogens is 3. The normalized spacial score (nSPS) is 10.9.